The third-order valence-corrected chi connectivity index (χ3v) is 4.59. The van der Waals surface area contributed by atoms with Gasteiger partial charge in [-0.3, -0.25) is 0 Å². The summed E-state index contributed by atoms with van der Waals surface area (Å²) < 4.78 is 5.76. The second-order valence-corrected chi connectivity index (χ2v) is 6.24. The van der Waals surface area contributed by atoms with Gasteiger partial charge in [-0.2, -0.15) is 0 Å². The summed E-state index contributed by atoms with van der Waals surface area (Å²) in [5.74, 6) is 1.85. The lowest BCUT2D eigenvalue weighted by Crippen LogP contribution is -2.29. The molecule has 0 aliphatic heterocycles. The molecule has 1 N–H and O–H groups in total. The van der Waals surface area contributed by atoms with E-state index in [1.807, 2.05) is 0 Å². The van der Waals surface area contributed by atoms with Crippen molar-refractivity contribution in [2.45, 2.75) is 70.8 Å². The van der Waals surface area contributed by atoms with Crippen molar-refractivity contribution in [3.05, 3.63) is 0 Å². The topological polar surface area (TPSA) is 21.3 Å². The first-order chi connectivity index (χ1) is 8.90. The molecule has 18 heavy (non-hydrogen) atoms. The van der Waals surface area contributed by atoms with Crippen molar-refractivity contribution in [2.75, 3.05) is 19.8 Å². The Balaban J connectivity index is 1.62. The number of rotatable bonds is 10. The molecule has 2 aliphatic rings. The summed E-state index contributed by atoms with van der Waals surface area (Å²) in [4.78, 5) is 0. The van der Waals surface area contributed by atoms with Gasteiger partial charge in [0, 0.05) is 19.3 Å². The van der Waals surface area contributed by atoms with Crippen LogP contribution in [0.15, 0.2) is 0 Å². The van der Waals surface area contributed by atoms with Gasteiger partial charge in [0.15, 0.2) is 0 Å². The molecule has 0 saturated heterocycles. The molecule has 106 valence electrons. The van der Waals surface area contributed by atoms with Gasteiger partial charge in [0.25, 0.3) is 0 Å². The molecule has 0 aromatic heterocycles. The Morgan fingerprint density at radius 2 is 1.89 bits per heavy atom. The second kappa shape index (κ2) is 8.16. The average molecular weight is 253 g/mol. The molecule has 0 aromatic rings. The number of unbranched alkanes of at least 4 members (excludes halogenated alkanes) is 1. The molecular formula is C16H31NO. The predicted octanol–water partition coefficient (Wildman–Crippen LogP) is 3.75. The SMILES string of the molecule is CCCCOCCC(CNC1CC1)C1CCCC1. The Bertz CT molecular complexity index is 209. The molecule has 0 heterocycles. The Morgan fingerprint density at radius 3 is 2.56 bits per heavy atom. The molecule has 2 fully saturated rings. The van der Waals surface area contributed by atoms with Crippen molar-refractivity contribution >= 4 is 0 Å². The monoisotopic (exact) mass is 253 g/mol. The lowest BCUT2D eigenvalue weighted by atomic mass is 9.88. The molecule has 2 saturated carbocycles. The minimum Gasteiger partial charge on any atom is -0.381 e. The van der Waals surface area contributed by atoms with Crippen LogP contribution in [-0.2, 0) is 4.74 Å². The third-order valence-electron chi connectivity index (χ3n) is 4.59. The van der Waals surface area contributed by atoms with Crippen molar-refractivity contribution in [3.8, 4) is 0 Å². The third kappa shape index (κ3) is 5.27. The molecule has 2 heteroatoms. The van der Waals surface area contributed by atoms with Gasteiger partial charge < -0.3 is 10.1 Å². The van der Waals surface area contributed by atoms with Crippen LogP contribution in [0, 0.1) is 11.8 Å². The van der Waals surface area contributed by atoms with Crippen molar-refractivity contribution in [1.29, 1.82) is 0 Å². The van der Waals surface area contributed by atoms with Crippen molar-refractivity contribution < 1.29 is 4.74 Å². The first-order valence-corrected chi connectivity index (χ1v) is 8.21. The van der Waals surface area contributed by atoms with Crippen molar-refractivity contribution in [1.82, 2.24) is 5.32 Å². The lowest BCUT2D eigenvalue weighted by Gasteiger charge is -2.24. The van der Waals surface area contributed by atoms with Gasteiger partial charge in [-0.05, 0) is 44.1 Å². The van der Waals surface area contributed by atoms with Gasteiger partial charge in [0.2, 0.25) is 0 Å². The highest BCUT2D eigenvalue weighted by atomic mass is 16.5. The molecule has 0 radical (unpaired) electrons. The molecule has 0 amide bonds. The summed E-state index contributed by atoms with van der Waals surface area (Å²) in [5.41, 5.74) is 0. The molecule has 0 aromatic carbocycles. The Labute approximate surface area is 113 Å². The van der Waals surface area contributed by atoms with E-state index in [9.17, 15) is 0 Å². The maximum Gasteiger partial charge on any atom is 0.0469 e. The van der Waals surface area contributed by atoms with Crippen LogP contribution in [0.2, 0.25) is 0 Å². The highest BCUT2D eigenvalue weighted by Crippen LogP contribution is 2.33. The van der Waals surface area contributed by atoms with Crippen molar-refractivity contribution in [3.63, 3.8) is 0 Å². The van der Waals surface area contributed by atoms with E-state index in [0.29, 0.717) is 0 Å². The van der Waals surface area contributed by atoms with Crippen molar-refractivity contribution in [2.24, 2.45) is 11.8 Å². The van der Waals surface area contributed by atoms with Crippen LogP contribution in [0.4, 0.5) is 0 Å². The molecule has 1 unspecified atom stereocenters. The minimum atomic E-state index is 0.856. The van der Waals surface area contributed by atoms with E-state index in [0.717, 1.165) is 31.1 Å². The van der Waals surface area contributed by atoms with Gasteiger partial charge >= 0.3 is 0 Å². The second-order valence-electron chi connectivity index (χ2n) is 6.24. The maximum absolute atomic E-state index is 5.76. The van der Waals surface area contributed by atoms with Crippen LogP contribution in [0.25, 0.3) is 0 Å². The molecule has 2 aliphatic carbocycles. The van der Waals surface area contributed by atoms with E-state index in [1.165, 1.54) is 64.3 Å². The highest BCUT2D eigenvalue weighted by Gasteiger charge is 2.27. The Kier molecular flexibility index (Phi) is 6.50. The zero-order valence-corrected chi connectivity index (χ0v) is 12.1. The van der Waals surface area contributed by atoms with Gasteiger partial charge in [-0.15, -0.1) is 0 Å². The van der Waals surface area contributed by atoms with Crippen LogP contribution >= 0.6 is 0 Å². The highest BCUT2D eigenvalue weighted by molar-refractivity contribution is 4.84. The fourth-order valence-electron chi connectivity index (χ4n) is 3.12. The van der Waals surface area contributed by atoms with Gasteiger partial charge in [0.05, 0.1) is 0 Å². The van der Waals surface area contributed by atoms with Crippen LogP contribution in [0.1, 0.15) is 64.7 Å². The van der Waals surface area contributed by atoms with E-state index >= 15 is 0 Å². The maximum atomic E-state index is 5.76. The first-order valence-electron chi connectivity index (χ1n) is 8.21. The first kappa shape index (κ1) is 14.3. The zero-order chi connectivity index (χ0) is 12.6. The largest absolute Gasteiger partial charge is 0.381 e. The smallest absolute Gasteiger partial charge is 0.0469 e. The normalized spacial score (nSPS) is 22.5. The fourth-order valence-corrected chi connectivity index (χ4v) is 3.12. The summed E-state index contributed by atoms with van der Waals surface area (Å²) in [6.45, 7) is 5.41. The molecule has 2 nitrogen and oxygen atoms in total. The van der Waals surface area contributed by atoms with Gasteiger partial charge in [0.1, 0.15) is 0 Å². The van der Waals surface area contributed by atoms with Gasteiger partial charge in [-0.1, -0.05) is 39.0 Å². The summed E-state index contributed by atoms with van der Waals surface area (Å²) in [6.07, 6.45) is 12.4. The summed E-state index contributed by atoms with van der Waals surface area (Å²) in [6, 6.07) is 0.856. The number of nitrogens with one attached hydrogen (secondary N) is 1. The summed E-state index contributed by atoms with van der Waals surface area (Å²) >= 11 is 0. The summed E-state index contributed by atoms with van der Waals surface area (Å²) in [7, 11) is 0. The molecule has 0 bridgehead atoms. The molecule has 2 rings (SSSR count). The van der Waals surface area contributed by atoms with E-state index in [2.05, 4.69) is 12.2 Å². The Morgan fingerprint density at radius 1 is 1.11 bits per heavy atom. The molecular weight excluding hydrogens is 222 g/mol. The number of hydrogen-bond acceptors (Lipinski definition) is 2. The number of ether oxygens (including phenoxy) is 1. The van der Waals surface area contributed by atoms with E-state index < -0.39 is 0 Å². The van der Waals surface area contributed by atoms with Crippen LogP contribution in [-0.4, -0.2) is 25.8 Å². The summed E-state index contributed by atoms with van der Waals surface area (Å²) in [5, 5.41) is 3.73. The molecule has 1 atom stereocenters. The average Bonchev–Trinajstić information content (AvgIpc) is 3.05. The fraction of sp³-hybridized carbons (Fsp3) is 1.00. The van der Waals surface area contributed by atoms with Crippen LogP contribution in [0.3, 0.4) is 0 Å². The van der Waals surface area contributed by atoms with E-state index in [4.69, 9.17) is 4.74 Å². The molecule has 0 spiro atoms. The van der Waals surface area contributed by atoms with Gasteiger partial charge in [-0.25, -0.2) is 0 Å². The van der Waals surface area contributed by atoms with Crippen LogP contribution < -0.4 is 5.32 Å². The standard InChI is InChI=1S/C16H31NO/c1-2-3-11-18-12-10-15(13-17-16-8-9-16)14-6-4-5-7-14/h14-17H,2-13H2,1H3. The number of hydrogen-bond donors (Lipinski definition) is 1. The van der Waals surface area contributed by atoms with E-state index in [-0.39, 0.29) is 0 Å². The zero-order valence-electron chi connectivity index (χ0n) is 12.1. The van der Waals surface area contributed by atoms with E-state index in [1.54, 1.807) is 0 Å². The lowest BCUT2D eigenvalue weighted by molar-refractivity contribution is 0.107. The minimum absolute atomic E-state index is 0.856. The predicted molar refractivity (Wildman–Crippen MR) is 76.8 cm³/mol. The quantitative estimate of drug-likeness (QED) is 0.599. The van der Waals surface area contributed by atoms with Crippen LogP contribution in [0.5, 0.6) is 0 Å². The Hall–Kier alpha value is -0.0800.